The molecule has 1 aromatic rings. The van der Waals surface area contributed by atoms with Crippen LogP contribution in [0.3, 0.4) is 0 Å². The number of hydrogen-bond donors (Lipinski definition) is 4. The first-order chi connectivity index (χ1) is 11.5. The number of piperazine rings is 1. The lowest BCUT2D eigenvalue weighted by Gasteiger charge is -2.32. The molecule has 1 heterocycles. The molecule has 132 valence electrons. The number of carbonyl (C=O) groups is 2. The van der Waals surface area contributed by atoms with Gasteiger partial charge in [-0.1, -0.05) is 19.1 Å². The highest BCUT2D eigenvalue weighted by molar-refractivity contribution is 5.93. The Labute approximate surface area is 144 Å². The molecule has 1 saturated heterocycles. The van der Waals surface area contributed by atoms with E-state index < -0.39 is 0 Å². The molecule has 1 fully saturated rings. The van der Waals surface area contributed by atoms with E-state index in [0.717, 1.165) is 38.3 Å². The Morgan fingerprint density at radius 2 is 1.75 bits per heavy atom. The van der Waals surface area contributed by atoms with Gasteiger partial charge in [0.05, 0.1) is 0 Å². The Bertz CT molecular complexity index is 551. The summed E-state index contributed by atoms with van der Waals surface area (Å²) in [5, 5.41) is 5.68. The molecule has 1 atom stereocenters. The van der Waals surface area contributed by atoms with Crippen LogP contribution in [0.25, 0.3) is 0 Å². The second-order valence-corrected chi connectivity index (χ2v) is 6.52. The van der Waals surface area contributed by atoms with Crippen LogP contribution in [0.1, 0.15) is 19.4 Å². The highest BCUT2D eigenvalue weighted by atomic mass is 16.2. The lowest BCUT2D eigenvalue weighted by Crippen LogP contribution is -3.30. The van der Waals surface area contributed by atoms with Crippen molar-refractivity contribution in [1.29, 1.82) is 0 Å². The van der Waals surface area contributed by atoms with Gasteiger partial charge in [0.25, 0.3) is 11.8 Å². The number of anilines is 1. The topological polar surface area (TPSA) is 67.1 Å². The fourth-order valence-electron chi connectivity index (χ4n) is 3.11. The fraction of sp³-hybridized carbons (Fsp3) is 0.556. The summed E-state index contributed by atoms with van der Waals surface area (Å²) in [5.74, 6) is 0.138. The van der Waals surface area contributed by atoms with Gasteiger partial charge in [-0.25, -0.2) is 0 Å². The van der Waals surface area contributed by atoms with Gasteiger partial charge in [0.1, 0.15) is 26.2 Å². The number of quaternary nitrogens is 2. The van der Waals surface area contributed by atoms with Crippen molar-refractivity contribution < 1.29 is 19.4 Å². The molecule has 0 aliphatic carbocycles. The van der Waals surface area contributed by atoms with Gasteiger partial charge in [0.2, 0.25) is 0 Å². The number of aryl methyl sites for hydroxylation is 1. The summed E-state index contributed by atoms with van der Waals surface area (Å²) in [4.78, 5) is 26.5. The Hall–Kier alpha value is -1.92. The summed E-state index contributed by atoms with van der Waals surface area (Å²) in [6.07, 6.45) is 0.997. The summed E-state index contributed by atoms with van der Waals surface area (Å²) in [7, 11) is 1.67. The van der Waals surface area contributed by atoms with Crippen molar-refractivity contribution in [2.45, 2.75) is 26.3 Å². The summed E-state index contributed by atoms with van der Waals surface area (Å²) >= 11 is 0. The number of amides is 2. The largest absolute Gasteiger partial charge is 0.354 e. The first kappa shape index (κ1) is 18.4. The molecule has 1 aromatic carbocycles. The van der Waals surface area contributed by atoms with Crippen molar-refractivity contribution in [3.05, 3.63) is 29.8 Å². The normalized spacial score (nSPS) is 21.8. The van der Waals surface area contributed by atoms with E-state index in [2.05, 4.69) is 17.6 Å². The van der Waals surface area contributed by atoms with Gasteiger partial charge in [0.15, 0.2) is 12.6 Å². The zero-order chi connectivity index (χ0) is 17.5. The molecule has 1 aliphatic heterocycles. The minimum atomic E-state index is -0.0857. The van der Waals surface area contributed by atoms with Crippen LogP contribution in [0.15, 0.2) is 24.3 Å². The second-order valence-electron chi connectivity index (χ2n) is 6.52. The predicted octanol–water partition coefficient (Wildman–Crippen LogP) is -1.89. The van der Waals surface area contributed by atoms with Gasteiger partial charge in [-0.3, -0.25) is 9.59 Å². The molecular formula is C18H30N4O2+2. The van der Waals surface area contributed by atoms with E-state index in [1.54, 1.807) is 7.05 Å². The number of carbonyl (C=O) groups excluding carboxylic acids is 2. The number of hydrogen-bond acceptors (Lipinski definition) is 2. The molecule has 0 radical (unpaired) electrons. The van der Waals surface area contributed by atoms with E-state index in [0.29, 0.717) is 6.54 Å². The summed E-state index contributed by atoms with van der Waals surface area (Å²) in [5.41, 5.74) is 2.12. The van der Waals surface area contributed by atoms with Crippen LogP contribution < -0.4 is 20.4 Å². The van der Waals surface area contributed by atoms with Crippen molar-refractivity contribution in [3.63, 3.8) is 0 Å². The molecule has 2 rings (SSSR count). The van der Waals surface area contributed by atoms with Gasteiger partial charge in [0, 0.05) is 12.7 Å². The second kappa shape index (κ2) is 8.80. The molecule has 24 heavy (non-hydrogen) atoms. The van der Waals surface area contributed by atoms with Gasteiger partial charge in [-0.05, 0) is 31.0 Å². The van der Waals surface area contributed by atoms with Crippen LogP contribution in [-0.4, -0.2) is 57.6 Å². The number of nitrogens with one attached hydrogen (secondary N) is 4. The first-order valence-electron chi connectivity index (χ1n) is 8.82. The van der Waals surface area contributed by atoms with Gasteiger partial charge in [-0.15, -0.1) is 0 Å². The summed E-state index contributed by atoms with van der Waals surface area (Å²) < 4.78 is 0. The molecule has 2 amide bonds. The zero-order valence-electron chi connectivity index (χ0n) is 14.9. The Morgan fingerprint density at radius 3 is 2.29 bits per heavy atom. The quantitative estimate of drug-likeness (QED) is 0.491. The molecule has 6 heteroatoms. The van der Waals surface area contributed by atoms with E-state index in [4.69, 9.17) is 0 Å². The van der Waals surface area contributed by atoms with E-state index in [1.807, 2.05) is 31.2 Å². The molecule has 6 nitrogen and oxygen atoms in total. The summed E-state index contributed by atoms with van der Waals surface area (Å²) in [6.45, 7) is 8.29. The third-order valence-corrected chi connectivity index (χ3v) is 4.92. The molecule has 0 bridgehead atoms. The van der Waals surface area contributed by atoms with Crippen LogP contribution in [0.5, 0.6) is 0 Å². The average Bonchev–Trinajstić information content (AvgIpc) is 2.62. The molecule has 0 unspecified atom stereocenters. The lowest BCUT2D eigenvalue weighted by molar-refractivity contribution is -1.01. The Morgan fingerprint density at radius 1 is 1.12 bits per heavy atom. The number of likely N-dealkylation sites (N-methyl/N-ethyl adjacent to an activating group) is 1. The monoisotopic (exact) mass is 334 g/mol. The third kappa shape index (κ3) is 5.04. The Kier molecular flexibility index (Phi) is 6.75. The minimum absolute atomic E-state index is 0.0593. The number of rotatable bonds is 6. The van der Waals surface area contributed by atoms with Crippen molar-refractivity contribution in [2.24, 2.45) is 0 Å². The van der Waals surface area contributed by atoms with Crippen molar-refractivity contribution in [3.8, 4) is 0 Å². The average molecular weight is 334 g/mol. The SMILES string of the molecule is CCc1ccc(NC(=O)[C@H](C)[NH+]2CC[NH+](CC(=O)NC)CC2)cc1. The van der Waals surface area contributed by atoms with Crippen LogP contribution in [0.4, 0.5) is 5.69 Å². The predicted molar refractivity (Wildman–Crippen MR) is 94.2 cm³/mol. The van der Waals surface area contributed by atoms with Gasteiger partial charge < -0.3 is 20.4 Å². The third-order valence-electron chi connectivity index (χ3n) is 4.92. The van der Waals surface area contributed by atoms with Crippen LogP contribution >= 0.6 is 0 Å². The van der Waals surface area contributed by atoms with Crippen molar-refractivity contribution in [1.82, 2.24) is 5.32 Å². The zero-order valence-corrected chi connectivity index (χ0v) is 14.9. The summed E-state index contributed by atoms with van der Waals surface area (Å²) in [6, 6.07) is 7.94. The van der Waals surface area contributed by atoms with E-state index in [9.17, 15) is 9.59 Å². The van der Waals surface area contributed by atoms with Gasteiger partial charge in [-0.2, -0.15) is 0 Å². The standard InChI is InChI=1S/C18H28N4O2/c1-4-15-5-7-16(8-6-15)20-18(24)14(2)22-11-9-21(10-12-22)13-17(23)19-3/h5-8,14H,4,9-13H2,1-3H3,(H,19,23)(H,20,24)/p+2/t14-/m0/s1. The van der Waals surface area contributed by atoms with Crippen molar-refractivity contribution in [2.75, 3.05) is 45.1 Å². The number of benzene rings is 1. The molecule has 0 aromatic heterocycles. The maximum absolute atomic E-state index is 12.5. The van der Waals surface area contributed by atoms with Crippen LogP contribution in [0, 0.1) is 0 Å². The van der Waals surface area contributed by atoms with E-state index >= 15 is 0 Å². The highest BCUT2D eigenvalue weighted by Crippen LogP contribution is 2.09. The van der Waals surface area contributed by atoms with Crippen LogP contribution in [-0.2, 0) is 16.0 Å². The van der Waals surface area contributed by atoms with E-state index in [-0.39, 0.29) is 17.9 Å². The molecular weight excluding hydrogens is 304 g/mol. The fourth-order valence-corrected chi connectivity index (χ4v) is 3.11. The first-order valence-corrected chi connectivity index (χ1v) is 8.82. The smallest absolute Gasteiger partial charge is 0.282 e. The molecule has 4 N–H and O–H groups in total. The molecule has 0 spiro atoms. The van der Waals surface area contributed by atoms with Gasteiger partial charge >= 0.3 is 0 Å². The molecule has 1 aliphatic rings. The minimum Gasteiger partial charge on any atom is -0.354 e. The Balaban J connectivity index is 1.82. The van der Waals surface area contributed by atoms with Crippen molar-refractivity contribution >= 4 is 17.5 Å². The molecule has 0 saturated carbocycles. The maximum atomic E-state index is 12.5. The van der Waals surface area contributed by atoms with E-state index in [1.165, 1.54) is 15.4 Å². The lowest BCUT2D eigenvalue weighted by atomic mass is 10.1. The highest BCUT2D eigenvalue weighted by Gasteiger charge is 2.31. The van der Waals surface area contributed by atoms with Crippen LogP contribution in [0.2, 0.25) is 0 Å². The maximum Gasteiger partial charge on any atom is 0.282 e.